The number of alkyl halides is 1. The molecule has 0 N–H and O–H groups in total. The minimum absolute atomic E-state index is 0.207. The predicted octanol–water partition coefficient (Wildman–Crippen LogP) is 3.30. The third-order valence-corrected chi connectivity index (χ3v) is 6.54. The Morgan fingerprint density at radius 3 is 2.61 bits per heavy atom. The lowest BCUT2D eigenvalue weighted by Gasteiger charge is -2.22. The number of thiophene rings is 1. The molecule has 6 heteroatoms. The standard InChI is InChI=1S/C12H18ClNO2S2/c1-9(2)7-14(11-3-4-11)18(15,16)12-5-10(6-13)8-17-12/h5,8-9,11H,3-4,6-7H2,1-2H3. The number of halogens is 1. The smallest absolute Gasteiger partial charge is 0.206 e. The van der Waals surface area contributed by atoms with Gasteiger partial charge in [-0.25, -0.2) is 8.42 Å². The van der Waals surface area contributed by atoms with Gasteiger partial charge in [-0.3, -0.25) is 0 Å². The molecule has 102 valence electrons. The van der Waals surface area contributed by atoms with Crippen molar-refractivity contribution in [1.82, 2.24) is 4.31 Å². The summed E-state index contributed by atoms with van der Waals surface area (Å²) in [6.07, 6.45) is 1.97. The van der Waals surface area contributed by atoms with Crippen molar-refractivity contribution >= 4 is 33.0 Å². The molecule has 0 atom stereocenters. The summed E-state index contributed by atoms with van der Waals surface area (Å²) in [6, 6.07) is 1.90. The molecule has 1 saturated carbocycles. The first-order valence-corrected chi connectivity index (χ1v) is 8.95. The molecule has 1 aliphatic carbocycles. The molecule has 1 aliphatic rings. The summed E-state index contributed by atoms with van der Waals surface area (Å²) < 4.78 is 27.2. The molecule has 1 fully saturated rings. The molecule has 2 rings (SSSR count). The summed E-state index contributed by atoms with van der Waals surface area (Å²) in [5, 5.41) is 1.82. The molecule has 1 aromatic rings. The van der Waals surface area contributed by atoms with Crippen LogP contribution in [0.25, 0.3) is 0 Å². The van der Waals surface area contributed by atoms with Crippen LogP contribution < -0.4 is 0 Å². The summed E-state index contributed by atoms with van der Waals surface area (Å²) in [5.74, 6) is 0.701. The molecule has 0 bridgehead atoms. The molecule has 1 aromatic heterocycles. The van der Waals surface area contributed by atoms with Crippen LogP contribution in [0.3, 0.4) is 0 Å². The summed E-state index contributed by atoms with van der Waals surface area (Å²) >= 11 is 6.99. The quantitative estimate of drug-likeness (QED) is 0.756. The van der Waals surface area contributed by atoms with Crippen molar-refractivity contribution in [2.24, 2.45) is 5.92 Å². The van der Waals surface area contributed by atoms with E-state index in [1.165, 1.54) is 11.3 Å². The monoisotopic (exact) mass is 307 g/mol. The number of nitrogens with zero attached hydrogens (tertiary/aromatic N) is 1. The molecule has 18 heavy (non-hydrogen) atoms. The van der Waals surface area contributed by atoms with E-state index in [4.69, 9.17) is 11.6 Å². The van der Waals surface area contributed by atoms with Gasteiger partial charge in [0.1, 0.15) is 4.21 Å². The molecule has 3 nitrogen and oxygen atoms in total. The van der Waals surface area contributed by atoms with E-state index >= 15 is 0 Å². The zero-order valence-electron chi connectivity index (χ0n) is 10.6. The molecular weight excluding hydrogens is 290 g/mol. The predicted molar refractivity (Wildman–Crippen MR) is 75.6 cm³/mol. The van der Waals surface area contributed by atoms with E-state index in [0.717, 1.165) is 18.4 Å². The van der Waals surface area contributed by atoms with Crippen LogP contribution in [-0.2, 0) is 15.9 Å². The summed E-state index contributed by atoms with van der Waals surface area (Å²) in [4.78, 5) is 0. The van der Waals surface area contributed by atoms with Crippen molar-refractivity contribution in [1.29, 1.82) is 0 Å². The van der Waals surface area contributed by atoms with Gasteiger partial charge < -0.3 is 0 Å². The Balaban J connectivity index is 2.26. The molecule has 0 unspecified atom stereocenters. The number of rotatable bonds is 6. The Bertz CT molecular complexity index is 506. The van der Waals surface area contributed by atoms with Crippen molar-refractivity contribution < 1.29 is 8.42 Å². The minimum Gasteiger partial charge on any atom is -0.206 e. The van der Waals surface area contributed by atoms with Crippen molar-refractivity contribution in [3.8, 4) is 0 Å². The van der Waals surface area contributed by atoms with Gasteiger partial charge in [-0.15, -0.1) is 22.9 Å². The fourth-order valence-corrected chi connectivity index (χ4v) is 5.27. The first-order chi connectivity index (χ1) is 8.45. The lowest BCUT2D eigenvalue weighted by Crippen LogP contribution is -2.35. The minimum atomic E-state index is -3.33. The van der Waals surface area contributed by atoms with Crippen molar-refractivity contribution in [2.45, 2.75) is 42.8 Å². The molecule has 0 amide bonds. The molecule has 0 aliphatic heterocycles. The largest absolute Gasteiger partial charge is 0.252 e. The van der Waals surface area contributed by atoms with Gasteiger partial charge >= 0.3 is 0 Å². The molecule has 0 saturated heterocycles. The maximum Gasteiger partial charge on any atom is 0.252 e. The van der Waals surface area contributed by atoms with Crippen LogP contribution in [-0.4, -0.2) is 25.3 Å². The highest BCUT2D eigenvalue weighted by molar-refractivity contribution is 7.91. The van der Waals surface area contributed by atoms with Gasteiger partial charge in [-0.05, 0) is 35.8 Å². The van der Waals surface area contributed by atoms with Gasteiger partial charge in [0.2, 0.25) is 0 Å². The van der Waals surface area contributed by atoms with Crippen LogP contribution in [0.1, 0.15) is 32.3 Å². The molecular formula is C12H18ClNO2S2. The van der Waals surface area contributed by atoms with E-state index in [9.17, 15) is 8.42 Å². The number of sulfonamides is 1. The summed E-state index contributed by atoms with van der Waals surface area (Å²) in [7, 11) is -3.33. The highest BCUT2D eigenvalue weighted by Gasteiger charge is 2.38. The summed E-state index contributed by atoms with van der Waals surface area (Å²) in [6.45, 7) is 4.69. The van der Waals surface area contributed by atoms with Crippen LogP contribution >= 0.6 is 22.9 Å². The third kappa shape index (κ3) is 3.07. The Morgan fingerprint density at radius 2 is 2.17 bits per heavy atom. The van der Waals surface area contributed by atoms with Crippen LogP contribution in [0.15, 0.2) is 15.7 Å². The van der Waals surface area contributed by atoms with E-state index in [0.29, 0.717) is 22.6 Å². The van der Waals surface area contributed by atoms with Crippen molar-refractivity contribution in [2.75, 3.05) is 6.54 Å². The Labute approximate surface area is 118 Å². The molecule has 0 spiro atoms. The average molecular weight is 308 g/mol. The van der Waals surface area contributed by atoms with Gasteiger partial charge in [0, 0.05) is 18.5 Å². The number of hydrogen-bond donors (Lipinski definition) is 0. The van der Waals surface area contributed by atoms with E-state index in [1.807, 2.05) is 19.2 Å². The second-order valence-corrected chi connectivity index (χ2v) is 8.40. The second-order valence-electron chi connectivity index (χ2n) is 5.11. The Morgan fingerprint density at radius 1 is 1.50 bits per heavy atom. The van der Waals surface area contributed by atoms with E-state index < -0.39 is 10.0 Å². The Hall–Kier alpha value is -0.100. The van der Waals surface area contributed by atoms with E-state index in [-0.39, 0.29) is 6.04 Å². The van der Waals surface area contributed by atoms with E-state index in [1.54, 1.807) is 10.4 Å². The van der Waals surface area contributed by atoms with Crippen LogP contribution in [0.5, 0.6) is 0 Å². The van der Waals surface area contributed by atoms with Gasteiger partial charge in [-0.2, -0.15) is 4.31 Å². The van der Waals surface area contributed by atoms with Crippen LogP contribution in [0, 0.1) is 5.92 Å². The fraction of sp³-hybridized carbons (Fsp3) is 0.667. The first kappa shape index (κ1) is 14.3. The zero-order chi connectivity index (χ0) is 13.3. The van der Waals surface area contributed by atoms with Crippen LogP contribution in [0.4, 0.5) is 0 Å². The Kier molecular flexibility index (Phi) is 4.36. The highest BCUT2D eigenvalue weighted by Crippen LogP contribution is 2.34. The van der Waals surface area contributed by atoms with Gasteiger partial charge in [0.15, 0.2) is 0 Å². The second kappa shape index (κ2) is 5.49. The first-order valence-electron chi connectivity index (χ1n) is 6.10. The van der Waals surface area contributed by atoms with Gasteiger partial charge in [0.25, 0.3) is 10.0 Å². The molecule has 0 radical (unpaired) electrons. The van der Waals surface area contributed by atoms with Crippen molar-refractivity contribution in [3.63, 3.8) is 0 Å². The van der Waals surface area contributed by atoms with Crippen LogP contribution in [0.2, 0.25) is 0 Å². The molecule has 0 aromatic carbocycles. The summed E-state index contributed by atoms with van der Waals surface area (Å²) in [5.41, 5.74) is 0.875. The van der Waals surface area contributed by atoms with Crippen molar-refractivity contribution in [3.05, 3.63) is 17.0 Å². The normalized spacial score (nSPS) is 16.7. The average Bonchev–Trinajstić information content (AvgIpc) is 3.01. The van der Waals surface area contributed by atoms with E-state index in [2.05, 4.69) is 0 Å². The number of hydrogen-bond acceptors (Lipinski definition) is 3. The molecule has 1 heterocycles. The maximum absolute atomic E-state index is 12.6. The third-order valence-electron chi connectivity index (χ3n) is 2.85. The maximum atomic E-state index is 12.6. The lowest BCUT2D eigenvalue weighted by molar-refractivity contribution is 0.361. The fourth-order valence-electron chi connectivity index (χ4n) is 1.84. The highest BCUT2D eigenvalue weighted by atomic mass is 35.5. The van der Waals surface area contributed by atoms with Gasteiger partial charge in [-0.1, -0.05) is 13.8 Å². The lowest BCUT2D eigenvalue weighted by atomic mass is 10.2. The SMILES string of the molecule is CC(C)CN(C1CC1)S(=O)(=O)c1cc(CCl)cs1. The topological polar surface area (TPSA) is 37.4 Å². The van der Waals surface area contributed by atoms with Gasteiger partial charge in [0.05, 0.1) is 0 Å². The zero-order valence-corrected chi connectivity index (χ0v) is 13.0.